The van der Waals surface area contributed by atoms with Gasteiger partial charge in [0, 0.05) is 50.1 Å². The SMILES string of the molecule is c1ccc(-c2cc(-c3ccccc3)nc(-n3c4cc(-c5cccc6c7ccccc7n(-c7ccccc7)c56)ccc4c4cccnc43)n2)cc1. The summed E-state index contributed by atoms with van der Waals surface area (Å²) in [5, 5.41) is 4.60. The van der Waals surface area contributed by atoms with Crippen molar-refractivity contribution in [3.63, 3.8) is 0 Å². The monoisotopic (exact) mass is 639 g/mol. The maximum absolute atomic E-state index is 5.21. The van der Waals surface area contributed by atoms with Gasteiger partial charge in [-0.2, -0.15) is 0 Å². The Hall–Kier alpha value is -6.85. The Morgan fingerprint density at radius 1 is 0.400 bits per heavy atom. The zero-order valence-electron chi connectivity index (χ0n) is 27.0. The number of benzene rings is 6. The third-order valence-electron chi connectivity index (χ3n) is 9.60. The van der Waals surface area contributed by atoms with Crippen LogP contribution in [0.4, 0.5) is 0 Å². The van der Waals surface area contributed by atoms with Crippen LogP contribution in [0, 0.1) is 0 Å². The zero-order chi connectivity index (χ0) is 33.0. The number of nitrogens with zero attached hydrogens (tertiary/aromatic N) is 5. The average molecular weight is 640 g/mol. The first-order valence-corrected chi connectivity index (χ1v) is 16.8. The molecule has 10 aromatic rings. The van der Waals surface area contributed by atoms with E-state index in [1.54, 1.807) is 0 Å². The van der Waals surface area contributed by atoms with E-state index >= 15 is 0 Å². The topological polar surface area (TPSA) is 48.5 Å². The van der Waals surface area contributed by atoms with Gasteiger partial charge in [-0.1, -0.05) is 127 Å². The predicted octanol–water partition coefficient (Wildman–Crippen LogP) is 11.1. The Morgan fingerprint density at radius 3 is 1.76 bits per heavy atom. The van der Waals surface area contributed by atoms with Crippen LogP contribution in [0.2, 0.25) is 0 Å². The second kappa shape index (κ2) is 11.4. The van der Waals surface area contributed by atoms with Crippen LogP contribution in [0.1, 0.15) is 0 Å². The molecule has 0 fully saturated rings. The van der Waals surface area contributed by atoms with Crippen molar-refractivity contribution in [3.05, 3.63) is 176 Å². The van der Waals surface area contributed by atoms with Crippen LogP contribution >= 0.6 is 0 Å². The summed E-state index contributed by atoms with van der Waals surface area (Å²) in [6, 6.07) is 59.4. The van der Waals surface area contributed by atoms with Crippen LogP contribution in [0.5, 0.6) is 0 Å². The molecule has 0 radical (unpaired) electrons. The molecule has 0 aliphatic carbocycles. The lowest BCUT2D eigenvalue weighted by atomic mass is 10.0. The zero-order valence-corrected chi connectivity index (χ0v) is 27.0. The van der Waals surface area contributed by atoms with Crippen molar-refractivity contribution >= 4 is 43.7 Å². The molecule has 0 saturated heterocycles. The van der Waals surface area contributed by atoms with E-state index in [9.17, 15) is 0 Å². The minimum absolute atomic E-state index is 0.581. The van der Waals surface area contributed by atoms with Gasteiger partial charge in [-0.05, 0) is 48.0 Å². The maximum Gasteiger partial charge on any atom is 0.237 e. The molecule has 0 unspecified atom stereocenters. The highest BCUT2D eigenvalue weighted by molar-refractivity contribution is 6.15. The fraction of sp³-hybridized carbons (Fsp3) is 0. The van der Waals surface area contributed by atoms with Crippen molar-refractivity contribution in [3.8, 4) is 45.3 Å². The van der Waals surface area contributed by atoms with E-state index in [0.29, 0.717) is 5.95 Å². The molecule has 5 heteroatoms. The van der Waals surface area contributed by atoms with Crippen molar-refractivity contribution < 1.29 is 0 Å². The molecule has 50 heavy (non-hydrogen) atoms. The van der Waals surface area contributed by atoms with E-state index < -0.39 is 0 Å². The second-order valence-electron chi connectivity index (χ2n) is 12.5. The Balaban J connectivity index is 1.27. The Morgan fingerprint density at radius 2 is 1.02 bits per heavy atom. The van der Waals surface area contributed by atoms with Gasteiger partial charge >= 0.3 is 0 Å². The molecule has 0 aliphatic rings. The molecule has 0 atom stereocenters. The largest absolute Gasteiger partial charge is 0.309 e. The van der Waals surface area contributed by atoms with Crippen molar-refractivity contribution in [1.29, 1.82) is 0 Å². The van der Waals surface area contributed by atoms with Gasteiger partial charge in [-0.3, -0.25) is 4.57 Å². The number of pyridine rings is 1. The summed E-state index contributed by atoms with van der Waals surface area (Å²) in [6.45, 7) is 0. The number of fused-ring (bicyclic) bond motifs is 6. The van der Waals surface area contributed by atoms with Gasteiger partial charge in [-0.25, -0.2) is 15.0 Å². The first kappa shape index (κ1) is 28.2. The molecule has 0 aliphatic heterocycles. The van der Waals surface area contributed by atoms with Gasteiger partial charge in [0.2, 0.25) is 5.95 Å². The van der Waals surface area contributed by atoms with Gasteiger partial charge in [0.05, 0.1) is 27.9 Å². The smallest absolute Gasteiger partial charge is 0.237 e. The van der Waals surface area contributed by atoms with E-state index in [-0.39, 0.29) is 0 Å². The molecular weight excluding hydrogens is 611 g/mol. The average Bonchev–Trinajstić information content (AvgIpc) is 3.71. The molecule has 0 saturated carbocycles. The molecular formula is C45H29N5. The summed E-state index contributed by atoms with van der Waals surface area (Å²) in [6.07, 6.45) is 1.84. The highest BCUT2D eigenvalue weighted by Crippen LogP contribution is 2.40. The Kier molecular flexibility index (Phi) is 6.42. The normalized spacial score (nSPS) is 11.6. The van der Waals surface area contributed by atoms with Gasteiger partial charge < -0.3 is 4.57 Å². The quantitative estimate of drug-likeness (QED) is 0.188. The van der Waals surface area contributed by atoms with Crippen LogP contribution in [0.3, 0.4) is 0 Å². The highest BCUT2D eigenvalue weighted by atomic mass is 15.2. The summed E-state index contributed by atoms with van der Waals surface area (Å²) >= 11 is 0. The third kappa shape index (κ3) is 4.45. The molecule has 0 N–H and O–H groups in total. The van der Waals surface area contributed by atoms with Crippen LogP contribution in [0.15, 0.2) is 176 Å². The molecule has 0 bridgehead atoms. The lowest BCUT2D eigenvalue weighted by molar-refractivity contribution is 0.982. The molecule has 10 rings (SSSR count). The summed E-state index contributed by atoms with van der Waals surface area (Å²) in [5.74, 6) is 0.581. The van der Waals surface area contributed by atoms with Gasteiger partial charge in [0.1, 0.15) is 5.65 Å². The van der Waals surface area contributed by atoms with Crippen molar-refractivity contribution in [2.24, 2.45) is 0 Å². The first-order chi connectivity index (χ1) is 24.8. The fourth-order valence-electron chi connectivity index (χ4n) is 7.36. The Bertz CT molecular complexity index is 2800. The van der Waals surface area contributed by atoms with E-state index in [1.807, 2.05) is 48.7 Å². The van der Waals surface area contributed by atoms with E-state index in [0.717, 1.165) is 61.3 Å². The van der Waals surface area contributed by atoms with E-state index in [4.69, 9.17) is 15.0 Å². The van der Waals surface area contributed by atoms with Crippen molar-refractivity contribution in [2.75, 3.05) is 0 Å². The van der Waals surface area contributed by atoms with E-state index in [1.165, 1.54) is 21.8 Å². The number of aromatic nitrogens is 5. The molecule has 6 aromatic carbocycles. The molecule has 234 valence electrons. The minimum atomic E-state index is 0.581. The predicted molar refractivity (Wildman–Crippen MR) is 205 cm³/mol. The lowest BCUT2D eigenvalue weighted by Crippen LogP contribution is -2.04. The van der Waals surface area contributed by atoms with Crippen molar-refractivity contribution in [2.45, 2.75) is 0 Å². The van der Waals surface area contributed by atoms with Crippen LogP contribution in [0.25, 0.3) is 89.0 Å². The summed E-state index contributed by atoms with van der Waals surface area (Å²) in [7, 11) is 0. The Labute approximate surface area is 288 Å². The molecule has 4 heterocycles. The fourth-order valence-corrected chi connectivity index (χ4v) is 7.36. The highest BCUT2D eigenvalue weighted by Gasteiger charge is 2.20. The summed E-state index contributed by atoms with van der Waals surface area (Å²) < 4.78 is 4.51. The number of rotatable bonds is 5. The maximum atomic E-state index is 5.21. The third-order valence-corrected chi connectivity index (χ3v) is 9.60. The summed E-state index contributed by atoms with van der Waals surface area (Å²) in [5.41, 5.74) is 11.3. The molecule has 5 nitrogen and oxygen atoms in total. The van der Waals surface area contributed by atoms with Crippen molar-refractivity contribution in [1.82, 2.24) is 24.1 Å². The number of hydrogen-bond acceptors (Lipinski definition) is 3. The number of hydrogen-bond donors (Lipinski definition) is 0. The lowest BCUT2D eigenvalue weighted by Gasteiger charge is -2.13. The minimum Gasteiger partial charge on any atom is -0.309 e. The standard InChI is InChI=1S/C45H29N5/c1-4-14-30(15-5-1)39-29-40(31-16-6-2-7-17-31)48-45(47-39)50-42-28-32(25-26-36(42)38-23-13-27-46-44(38)50)34-21-12-22-37-35-20-10-11-24-41(35)49(43(34)37)33-18-8-3-9-19-33/h1-29H. The number of para-hydroxylation sites is 3. The van der Waals surface area contributed by atoms with Gasteiger partial charge in [0.15, 0.2) is 0 Å². The van der Waals surface area contributed by atoms with Crippen LogP contribution in [-0.2, 0) is 0 Å². The second-order valence-corrected chi connectivity index (χ2v) is 12.5. The van der Waals surface area contributed by atoms with E-state index in [2.05, 4.69) is 137 Å². The molecule has 0 amide bonds. The molecule has 0 spiro atoms. The van der Waals surface area contributed by atoms with Crippen LogP contribution < -0.4 is 0 Å². The van der Waals surface area contributed by atoms with Gasteiger partial charge in [-0.15, -0.1) is 0 Å². The van der Waals surface area contributed by atoms with Crippen LogP contribution in [-0.4, -0.2) is 24.1 Å². The first-order valence-electron chi connectivity index (χ1n) is 16.8. The van der Waals surface area contributed by atoms with Gasteiger partial charge in [0.25, 0.3) is 0 Å². The molecule has 4 aromatic heterocycles. The summed E-state index contributed by atoms with van der Waals surface area (Å²) in [4.78, 5) is 15.3.